The van der Waals surface area contributed by atoms with Crippen LogP contribution in [0.2, 0.25) is 0 Å². The molecular formula is C33H50N2O2. The number of aromatic nitrogens is 2. The summed E-state index contributed by atoms with van der Waals surface area (Å²) in [5.74, 6) is 2.20. The van der Waals surface area contributed by atoms with Gasteiger partial charge < -0.3 is 10.2 Å². The van der Waals surface area contributed by atoms with Gasteiger partial charge in [-0.2, -0.15) is 0 Å². The minimum atomic E-state index is -0.543. The number of aliphatic hydroxyl groups excluding tert-OH is 2. The first-order valence-corrected chi connectivity index (χ1v) is 15.0. The van der Waals surface area contributed by atoms with Gasteiger partial charge in [0.2, 0.25) is 0 Å². The van der Waals surface area contributed by atoms with E-state index in [-0.39, 0.29) is 17.4 Å². The predicted octanol–water partition coefficient (Wildman–Crippen LogP) is 7.85. The Morgan fingerprint density at radius 3 is 2.38 bits per heavy atom. The zero-order valence-corrected chi connectivity index (χ0v) is 23.8. The third-order valence-corrected chi connectivity index (χ3v) is 9.40. The van der Waals surface area contributed by atoms with Crippen LogP contribution in [0.4, 0.5) is 0 Å². The van der Waals surface area contributed by atoms with E-state index in [1.807, 2.05) is 6.20 Å². The van der Waals surface area contributed by atoms with Crippen LogP contribution in [0.1, 0.15) is 134 Å². The summed E-state index contributed by atoms with van der Waals surface area (Å²) >= 11 is 0. The molecule has 1 saturated carbocycles. The minimum absolute atomic E-state index is 0.113. The molecule has 4 nitrogen and oxygen atoms in total. The van der Waals surface area contributed by atoms with Gasteiger partial charge in [-0.3, -0.25) is 0 Å². The van der Waals surface area contributed by atoms with Crippen LogP contribution in [0.5, 0.6) is 0 Å². The molecule has 4 rings (SSSR count). The molecule has 2 N–H and O–H groups in total. The van der Waals surface area contributed by atoms with Crippen molar-refractivity contribution >= 4 is 0 Å². The Labute approximate surface area is 225 Å². The third-order valence-electron chi connectivity index (χ3n) is 9.40. The van der Waals surface area contributed by atoms with Gasteiger partial charge in [0.25, 0.3) is 0 Å². The molecule has 1 heterocycles. The van der Waals surface area contributed by atoms with E-state index in [1.54, 1.807) is 0 Å². The number of fused-ring (bicyclic) bond motifs is 1. The Bertz CT molecular complexity index is 1020. The SMILES string of the molecule is CC1(C)CCC(C)(C)c2cc(-c3nccc(C4CCCCC(CCCCC(O)CO)CCC4)n3)ccc21. The maximum absolute atomic E-state index is 9.58. The highest BCUT2D eigenvalue weighted by Gasteiger charge is 2.37. The molecule has 2 aliphatic carbocycles. The average molecular weight is 507 g/mol. The summed E-state index contributed by atoms with van der Waals surface area (Å²) in [5.41, 5.74) is 5.74. The zero-order chi connectivity index (χ0) is 26.5. The summed E-state index contributed by atoms with van der Waals surface area (Å²) in [7, 11) is 0. The fraction of sp³-hybridized carbons (Fsp3) is 0.697. The van der Waals surface area contributed by atoms with E-state index in [2.05, 4.69) is 52.0 Å². The number of hydrogen-bond donors (Lipinski definition) is 2. The Kier molecular flexibility index (Phi) is 9.45. The second-order valence-electron chi connectivity index (χ2n) is 13.2. The summed E-state index contributed by atoms with van der Waals surface area (Å²) in [6.45, 7) is 9.40. The van der Waals surface area contributed by atoms with Gasteiger partial charge in [-0.05, 0) is 72.1 Å². The van der Waals surface area contributed by atoms with Crippen LogP contribution in [-0.2, 0) is 10.8 Å². The molecule has 1 aromatic carbocycles. The lowest BCUT2D eigenvalue weighted by Gasteiger charge is -2.42. The van der Waals surface area contributed by atoms with Crippen molar-refractivity contribution in [2.75, 3.05) is 6.61 Å². The molecule has 4 heteroatoms. The van der Waals surface area contributed by atoms with Gasteiger partial charge in [0.15, 0.2) is 5.82 Å². The van der Waals surface area contributed by atoms with Crippen molar-refractivity contribution in [3.8, 4) is 11.4 Å². The third kappa shape index (κ3) is 7.20. The topological polar surface area (TPSA) is 66.2 Å². The van der Waals surface area contributed by atoms with E-state index in [1.165, 1.54) is 81.0 Å². The van der Waals surface area contributed by atoms with E-state index in [0.29, 0.717) is 5.92 Å². The summed E-state index contributed by atoms with van der Waals surface area (Å²) in [5, 5.41) is 18.6. The minimum Gasteiger partial charge on any atom is -0.394 e. The first-order chi connectivity index (χ1) is 17.7. The lowest BCUT2D eigenvalue weighted by atomic mass is 9.63. The van der Waals surface area contributed by atoms with E-state index in [4.69, 9.17) is 15.1 Å². The van der Waals surface area contributed by atoms with Crippen LogP contribution < -0.4 is 0 Å². The van der Waals surface area contributed by atoms with E-state index in [9.17, 15) is 5.11 Å². The second kappa shape index (κ2) is 12.4. The summed E-state index contributed by atoms with van der Waals surface area (Å²) in [6, 6.07) is 9.12. The molecular weight excluding hydrogens is 456 g/mol. The average Bonchev–Trinajstić information content (AvgIpc) is 3.01. The first-order valence-electron chi connectivity index (χ1n) is 15.0. The molecule has 0 amide bonds. The van der Waals surface area contributed by atoms with Crippen LogP contribution in [0.15, 0.2) is 30.5 Å². The normalized spacial score (nSPS) is 24.4. The van der Waals surface area contributed by atoms with Gasteiger partial charge in [0.1, 0.15) is 0 Å². The van der Waals surface area contributed by atoms with Crippen molar-refractivity contribution in [1.29, 1.82) is 0 Å². The fourth-order valence-corrected chi connectivity index (χ4v) is 6.72. The maximum Gasteiger partial charge on any atom is 0.159 e. The van der Waals surface area contributed by atoms with Crippen molar-refractivity contribution in [2.24, 2.45) is 5.92 Å². The number of rotatable bonds is 8. The lowest BCUT2D eigenvalue weighted by molar-refractivity contribution is 0.0856. The van der Waals surface area contributed by atoms with Crippen LogP contribution >= 0.6 is 0 Å². The molecule has 0 spiro atoms. The monoisotopic (exact) mass is 506 g/mol. The van der Waals surface area contributed by atoms with Crippen LogP contribution in [0.25, 0.3) is 11.4 Å². The van der Waals surface area contributed by atoms with E-state index < -0.39 is 6.10 Å². The van der Waals surface area contributed by atoms with Crippen molar-refractivity contribution in [1.82, 2.24) is 9.97 Å². The highest BCUT2D eigenvalue weighted by atomic mass is 16.3. The van der Waals surface area contributed by atoms with Gasteiger partial charge in [0.05, 0.1) is 12.7 Å². The standard InChI is InChI=1S/C33H50N2O2/c1-32(2)19-20-33(3,4)29-22-26(16-17-28(29)32)31-34-21-18-30(35-31)25-13-7-5-10-24(12-9-14-25)11-6-8-15-27(37)23-36/h16-18,21-22,24-25,27,36-37H,5-15,19-20,23H2,1-4H3. The number of benzene rings is 1. The molecule has 37 heavy (non-hydrogen) atoms. The summed E-state index contributed by atoms with van der Waals surface area (Å²) in [4.78, 5) is 9.88. The molecule has 0 radical (unpaired) electrons. The molecule has 2 aromatic rings. The van der Waals surface area contributed by atoms with E-state index in [0.717, 1.165) is 36.6 Å². The molecule has 3 unspecified atom stereocenters. The van der Waals surface area contributed by atoms with E-state index >= 15 is 0 Å². The molecule has 2 aliphatic rings. The quantitative estimate of drug-likeness (QED) is 0.358. The molecule has 0 aliphatic heterocycles. The van der Waals surface area contributed by atoms with Gasteiger partial charge in [-0.25, -0.2) is 9.97 Å². The first kappa shape index (κ1) is 28.2. The summed E-state index contributed by atoms with van der Waals surface area (Å²) < 4.78 is 0. The molecule has 0 bridgehead atoms. The molecule has 1 fully saturated rings. The Hall–Kier alpha value is -1.78. The largest absolute Gasteiger partial charge is 0.394 e. The summed E-state index contributed by atoms with van der Waals surface area (Å²) in [6.07, 6.45) is 16.9. The highest BCUT2D eigenvalue weighted by Crippen LogP contribution is 2.46. The Morgan fingerprint density at radius 2 is 1.59 bits per heavy atom. The van der Waals surface area contributed by atoms with Crippen LogP contribution in [0.3, 0.4) is 0 Å². The Balaban J connectivity index is 1.42. The predicted molar refractivity (Wildman–Crippen MR) is 153 cm³/mol. The van der Waals surface area contributed by atoms with Crippen LogP contribution in [-0.4, -0.2) is 32.9 Å². The number of nitrogens with zero attached hydrogens (tertiary/aromatic N) is 2. The fourth-order valence-electron chi connectivity index (χ4n) is 6.72. The highest BCUT2D eigenvalue weighted by molar-refractivity contribution is 5.60. The van der Waals surface area contributed by atoms with Gasteiger partial charge in [-0.1, -0.05) is 91.2 Å². The molecule has 3 atom stereocenters. The van der Waals surface area contributed by atoms with Gasteiger partial charge >= 0.3 is 0 Å². The van der Waals surface area contributed by atoms with Crippen molar-refractivity contribution in [3.63, 3.8) is 0 Å². The number of aliphatic hydroxyl groups is 2. The van der Waals surface area contributed by atoms with Gasteiger partial charge in [0, 0.05) is 23.4 Å². The number of unbranched alkanes of at least 4 members (excludes halogenated alkanes) is 1. The molecule has 204 valence electrons. The van der Waals surface area contributed by atoms with Gasteiger partial charge in [-0.15, -0.1) is 0 Å². The van der Waals surface area contributed by atoms with Crippen LogP contribution in [0, 0.1) is 5.92 Å². The maximum atomic E-state index is 9.58. The second-order valence-corrected chi connectivity index (χ2v) is 13.2. The smallest absolute Gasteiger partial charge is 0.159 e. The zero-order valence-electron chi connectivity index (χ0n) is 23.8. The number of hydrogen-bond acceptors (Lipinski definition) is 4. The van der Waals surface area contributed by atoms with Crippen molar-refractivity contribution in [2.45, 2.75) is 134 Å². The Morgan fingerprint density at radius 1 is 0.892 bits per heavy atom. The van der Waals surface area contributed by atoms with Crippen molar-refractivity contribution in [3.05, 3.63) is 47.3 Å². The lowest BCUT2D eigenvalue weighted by Crippen LogP contribution is -2.33. The molecule has 0 saturated heterocycles. The van der Waals surface area contributed by atoms with Crippen molar-refractivity contribution < 1.29 is 10.2 Å². The molecule has 1 aromatic heterocycles.